The number of rotatable bonds is 5. The molecule has 1 atom stereocenters. The zero-order valence-corrected chi connectivity index (χ0v) is 10.8. The van der Waals surface area contributed by atoms with E-state index in [1.54, 1.807) is 19.3 Å². The molecule has 17 heavy (non-hydrogen) atoms. The summed E-state index contributed by atoms with van der Waals surface area (Å²) in [6, 6.07) is 2.93. The minimum Gasteiger partial charge on any atom is -0.351 e. The minimum atomic E-state index is -0.260. The summed E-state index contributed by atoms with van der Waals surface area (Å²) in [4.78, 5) is 23.0. The number of carbonyl (C=O) groups excluding carboxylic acids is 1. The van der Waals surface area contributed by atoms with Gasteiger partial charge in [0.1, 0.15) is 0 Å². The maximum Gasteiger partial charge on any atom is 0.251 e. The maximum atomic E-state index is 11.7. The lowest BCUT2D eigenvalue weighted by molar-refractivity contribution is 0.0953. The summed E-state index contributed by atoms with van der Waals surface area (Å²) in [6.07, 6.45) is 3.41. The van der Waals surface area contributed by atoms with Gasteiger partial charge in [0, 0.05) is 31.4 Å². The number of nitrogens with zero attached hydrogens (tertiary/aromatic N) is 1. The summed E-state index contributed by atoms with van der Waals surface area (Å²) in [5.41, 5.74) is 0.169. The fourth-order valence-corrected chi connectivity index (χ4v) is 1.71. The first-order valence-corrected chi connectivity index (χ1v) is 6.07. The van der Waals surface area contributed by atoms with Crippen molar-refractivity contribution in [1.82, 2.24) is 9.88 Å². The first-order valence-electron chi connectivity index (χ1n) is 5.63. The molecule has 1 heterocycles. The molecule has 0 aromatic carbocycles. The molecule has 1 N–H and O–H groups in total. The molecule has 1 amide bonds. The fourth-order valence-electron chi connectivity index (χ4n) is 1.41. The lowest BCUT2D eigenvalue weighted by Gasteiger charge is -2.09. The third kappa shape index (κ3) is 4.23. The van der Waals surface area contributed by atoms with Gasteiger partial charge >= 0.3 is 0 Å². The molecule has 1 aromatic heterocycles. The molecular formula is C12H17ClN2O2. The molecule has 0 fully saturated rings. The SMILES string of the molecule is CCCC(Cl)CNC(=O)c1ccn(C)c(=O)c1. The van der Waals surface area contributed by atoms with E-state index in [4.69, 9.17) is 11.6 Å². The molecule has 94 valence electrons. The Balaban J connectivity index is 2.58. The van der Waals surface area contributed by atoms with Crippen molar-refractivity contribution < 1.29 is 4.79 Å². The van der Waals surface area contributed by atoms with E-state index in [1.165, 1.54) is 10.6 Å². The highest BCUT2D eigenvalue weighted by Gasteiger charge is 2.09. The maximum absolute atomic E-state index is 11.7. The van der Waals surface area contributed by atoms with E-state index in [0.29, 0.717) is 12.1 Å². The molecule has 0 spiro atoms. The normalized spacial score (nSPS) is 12.2. The number of nitrogens with one attached hydrogen (secondary N) is 1. The van der Waals surface area contributed by atoms with E-state index in [1.807, 2.05) is 6.92 Å². The van der Waals surface area contributed by atoms with Crippen LogP contribution < -0.4 is 10.9 Å². The summed E-state index contributed by atoms with van der Waals surface area (Å²) in [6.45, 7) is 2.46. The number of alkyl halides is 1. The van der Waals surface area contributed by atoms with E-state index in [0.717, 1.165) is 12.8 Å². The second-order valence-electron chi connectivity index (χ2n) is 3.96. The van der Waals surface area contributed by atoms with Crippen molar-refractivity contribution in [3.63, 3.8) is 0 Å². The predicted octanol–water partition coefficient (Wildman–Crippen LogP) is 1.52. The van der Waals surface area contributed by atoms with Gasteiger partial charge in [0.2, 0.25) is 0 Å². The molecule has 0 saturated heterocycles. The molecule has 0 aliphatic carbocycles. The van der Waals surface area contributed by atoms with Gasteiger partial charge in [-0.2, -0.15) is 0 Å². The lowest BCUT2D eigenvalue weighted by Crippen LogP contribution is -2.31. The number of aromatic nitrogens is 1. The van der Waals surface area contributed by atoms with Crippen LogP contribution in [0.1, 0.15) is 30.1 Å². The molecule has 0 bridgehead atoms. The topological polar surface area (TPSA) is 51.1 Å². The van der Waals surface area contributed by atoms with Crippen LogP contribution in [0.5, 0.6) is 0 Å². The van der Waals surface area contributed by atoms with Crippen LogP contribution in [-0.4, -0.2) is 22.4 Å². The average molecular weight is 257 g/mol. The quantitative estimate of drug-likeness (QED) is 0.813. The van der Waals surface area contributed by atoms with Crippen molar-refractivity contribution in [3.8, 4) is 0 Å². The van der Waals surface area contributed by atoms with Gasteiger partial charge in [-0.15, -0.1) is 11.6 Å². The number of aryl methyl sites for hydroxylation is 1. The molecule has 0 saturated carbocycles. The Morgan fingerprint density at radius 3 is 2.88 bits per heavy atom. The van der Waals surface area contributed by atoms with Gasteiger partial charge in [-0.25, -0.2) is 0 Å². The van der Waals surface area contributed by atoms with Gasteiger partial charge in [0.15, 0.2) is 0 Å². The van der Waals surface area contributed by atoms with Gasteiger partial charge < -0.3 is 9.88 Å². The highest BCUT2D eigenvalue weighted by Crippen LogP contribution is 2.03. The van der Waals surface area contributed by atoms with Gasteiger partial charge in [-0.05, 0) is 12.5 Å². The van der Waals surface area contributed by atoms with Crippen molar-refractivity contribution in [2.45, 2.75) is 25.1 Å². The lowest BCUT2D eigenvalue weighted by atomic mass is 10.2. The smallest absolute Gasteiger partial charge is 0.251 e. The van der Waals surface area contributed by atoms with E-state index >= 15 is 0 Å². The Morgan fingerprint density at radius 2 is 2.29 bits per heavy atom. The van der Waals surface area contributed by atoms with Gasteiger partial charge in [0.25, 0.3) is 11.5 Å². The van der Waals surface area contributed by atoms with Crippen LogP contribution in [-0.2, 0) is 7.05 Å². The molecule has 0 radical (unpaired) electrons. The van der Waals surface area contributed by atoms with Crippen molar-refractivity contribution in [2.24, 2.45) is 7.05 Å². The zero-order valence-electron chi connectivity index (χ0n) is 10.1. The Morgan fingerprint density at radius 1 is 1.59 bits per heavy atom. The van der Waals surface area contributed by atoms with Crippen LogP contribution in [0, 0.1) is 0 Å². The second-order valence-corrected chi connectivity index (χ2v) is 4.58. The predicted molar refractivity (Wildman–Crippen MR) is 68.6 cm³/mol. The number of carbonyl (C=O) groups is 1. The average Bonchev–Trinajstić information content (AvgIpc) is 2.30. The van der Waals surface area contributed by atoms with Crippen molar-refractivity contribution in [2.75, 3.05) is 6.54 Å². The number of halogens is 1. The number of amides is 1. The third-order valence-corrected chi connectivity index (χ3v) is 2.83. The summed E-state index contributed by atoms with van der Waals surface area (Å²) in [5, 5.41) is 2.65. The van der Waals surface area contributed by atoms with Crippen molar-refractivity contribution in [3.05, 3.63) is 34.2 Å². The summed E-state index contributed by atoms with van der Waals surface area (Å²) >= 11 is 5.99. The summed E-state index contributed by atoms with van der Waals surface area (Å²) < 4.78 is 1.41. The Bertz CT molecular complexity index is 442. The highest BCUT2D eigenvalue weighted by atomic mass is 35.5. The van der Waals surface area contributed by atoms with E-state index in [9.17, 15) is 9.59 Å². The first kappa shape index (κ1) is 13.8. The molecule has 0 aliphatic rings. The molecule has 5 heteroatoms. The Kier molecular flexibility index (Phi) is 5.22. The molecule has 0 aliphatic heterocycles. The standard InChI is InChI=1S/C12H17ClN2O2/c1-3-4-10(13)8-14-12(17)9-5-6-15(2)11(16)7-9/h5-7,10H,3-4,8H2,1-2H3,(H,14,17). The molecular weight excluding hydrogens is 240 g/mol. The number of hydrogen-bond donors (Lipinski definition) is 1. The monoisotopic (exact) mass is 256 g/mol. The molecule has 4 nitrogen and oxygen atoms in total. The molecule has 1 rings (SSSR count). The Hall–Kier alpha value is -1.29. The van der Waals surface area contributed by atoms with Crippen LogP contribution in [0.4, 0.5) is 0 Å². The number of hydrogen-bond acceptors (Lipinski definition) is 2. The fraction of sp³-hybridized carbons (Fsp3) is 0.500. The molecule has 1 aromatic rings. The van der Waals surface area contributed by atoms with E-state index in [2.05, 4.69) is 5.32 Å². The number of pyridine rings is 1. The van der Waals surface area contributed by atoms with Crippen molar-refractivity contribution in [1.29, 1.82) is 0 Å². The minimum absolute atomic E-state index is 0.0597. The van der Waals surface area contributed by atoms with E-state index < -0.39 is 0 Å². The summed E-state index contributed by atoms with van der Waals surface area (Å²) in [5.74, 6) is -0.260. The van der Waals surface area contributed by atoms with E-state index in [-0.39, 0.29) is 16.8 Å². The third-order valence-electron chi connectivity index (χ3n) is 2.45. The zero-order chi connectivity index (χ0) is 12.8. The van der Waals surface area contributed by atoms with Crippen LogP contribution in [0.3, 0.4) is 0 Å². The van der Waals surface area contributed by atoms with Crippen molar-refractivity contribution >= 4 is 17.5 Å². The first-order chi connectivity index (χ1) is 8.04. The van der Waals surface area contributed by atoms with Gasteiger partial charge in [0.05, 0.1) is 5.38 Å². The Labute approximate surface area is 106 Å². The summed E-state index contributed by atoms with van der Waals surface area (Å²) in [7, 11) is 1.64. The molecule has 1 unspecified atom stereocenters. The second kappa shape index (κ2) is 6.45. The van der Waals surface area contributed by atoms with Gasteiger partial charge in [-0.3, -0.25) is 9.59 Å². The van der Waals surface area contributed by atoms with Crippen LogP contribution >= 0.6 is 11.6 Å². The van der Waals surface area contributed by atoms with Crippen LogP contribution in [0.25, 0.3) is 0 Å². The highest BCUT2D eigenvalue weighted by molar-refractivity contribution is 6.20. The largest absolute Gasteiger partial charge is 0.351 e. The van der Waals surface area contributed by atoms with Crippen LogP contribution in [0.2, 0.25) is 0 Å². The van der Waals surface area contributed by atoms with Gasteiger partial charge in [-0.1, -0.05) is 13.3 Å². The van der Waals surface area contributed by atoms with Crippen LogP contribution in [0.15, 0.2) is 23.1 Å².